The predicted molar refractivity (Wildman–Crippen MR) is 121 cm³/mol. The monoisotopic (exact) mass is 443 g/mol. The van der Waals surface area contributed by atoms with E-state index in [4.69, 9.17) is 0 Å². The lowest BCUT2D eigenvalue weighted by Crippen LogP contribution is -2.38. The molecular weight excluding hydrogens is 412 g/mol. The highest BCUT2D eigenvalue weighted by Crippen LogP contribution is 2.27. The molecule has 0 radical (unpaired) electrons. The number of hydrogen-bond acceptors (Lipinski definition) is 3. The van der Waals surface area contributed by atoms with Crippen LogP contribution in [-0.2, 0) is 22.6 Å². The van der Waals surface area contributed by atoms with Crippen molar-refractivity contribution in [2.75, 3.05) is 38.1 Å². The van der Waals surface area contributed by atoms with Crippen LogP contribution in [0.1, 0.15) is 37.3 Å². The minimum atomic E-state index is -0.996. The van der Waals surface area contributed by atoms with E-state index in [-0.39, 0.29) is 31.2 Å². The van der Waals surface area contributed by atoms with E-state index in [2.05, 4.69) is 4.90 Å². The van der Waals surface area contributed by atoms with Crippen LogP contribution in [0, 0.1) is 11.6 Å². The molecule has 0 saturated carbocycles. The molecule has 0 fully saturated rings. The number of carbonyl (C=O) groups excluding carboxylic acids is 2. The van der Waals surface area contributed by atoms with E-state index in [1.165, 1.54) is 4.90 Å². The number of hydrogen-bond donors (Lipinski definition) is 0. The minimum Gasteiger partial charge on any atom is -0.338 e. The van der Waals surface area contributed by atoms with Crippen LogP contribution < -0.4 is 4.90 Å². The molecule has 2 aromatic rings. The van der Waals surface area contributed by atoms with Crippen LogP contribution in [0.3, 0.4) is 0 Å². The summed E-state index contributed by atoms with van der Waals surface area (Å²) in [5, 5.41) is 0. The molecule has 0 unspecified atom stereocenters. The number of carbonyl (C=O) groups is 2. The van der Waals surface area contributed by atoms with Crippen molar-refractivity contribution in [2.45, 2.75) is 39.2 Å². The summed E-state index contributed by atoms with van der Waals surface area (Å²) in [7, 11) is 2.01. The maximum atomic E-state index is 14.2. The Balaban J connectivity index is 1.97. The van der Waals surface area contributed by atoms with Crippen LogP contribution in [0.25, 0.3) is 0 Å². The van der Waals surface area contributed by atoms with Crippen molar-refractivity contribution in [1.29, 1.82) is 0 Å². The van der Waals surface area contributed by atoms with Crippen molar-refractivity contribution >= 4 is 17.5 Å². The second-order valence-electron chi connectivity index (χ2n) is 8.28. The van der Waals surface area contributed by atoms with E-state index in [0.717, 1.165) is 43.6 Å². The third-order valence-corrected chi connectivity index (χ3v) is 5.82. The summed E-state index contributed by atoms with van der Waals surface area (Å²) in [4.78, 5) is 31.3. The first-order valence-corrected chi connectivity index (χ1v) is 11.2. The summed E-state index contributed by atoms with van der Waals surface area (Å²) in [5.74, 6) is -2.21. The van der Waals surface area contributed by atoms with Gasteiger partial charge in [0.25, 0.3) is 0 Å². The summed E-state index contributed by atoms with van der Waals surface area (Å²) in [6.07, 6.45) is 1.98. The molecule has 0 aromatic heterocycles. The van der Waals surface area contributed by atoms with Crippen LogP contribution in [-0.4, -0.2) is 54.8 Å². The average molecular weight is 444 g/mol. The molecule has 1 aliphatic rings. The van der Waals surface area contributed by atoms with Gasteiger partial charge in [0.15, 0.2) is 11.6 Å². The van der Waals surface area contributed by atoms with E-state index in [0.29, 0.717) is 24.3 Å². The number of halogens is 2. The van der Waals surface area contributed by atoms with Crippen molar-refractivity contribution < 1.29 is 18.4 Å². The van der Waals surface area contributed by atoms with Gasteiger partial charge in [0.05, 0.1) is 12.1 Å². The van der Waals surface area contributed by atoms with Crippen molar-refractivity contribution in [3.8, 4) is 0 Å². The molecule has 0 N–H and O–H groups in total. The maximum Gasteiger partial charge on any atom is 0.227 e. The zero-order valence-electron chi connectivity index (χ0n) is 18.8. The quantitative estimate of drug-likeness (QED) is 0.720. The highest BCUT2D eigenvalue weighted by atomic mass is 19.2. The number of amides is 2. The smallest absolute Gasteiger partial charge is 0.227 e. The predicted octanol–water partition coefficient (Wildman–Crippen LogP) is 4.00. The van der Waals surface area contributed by atoms with E-state index >= 15 is 0 Å². The molecule has 0 spiro atoms. The third-order valence-electron chi connectivity index (χ3n) is 5.82. The summed E-state index contributed by atoms with van der Waals surface area (Å²) in [5.41, 5.74) is 1.69. The van der Waals surface area contributed by atoms with Crippen molar-refractivity contribution in [1.82, 2.24) is 9.80 Å². The van der Waals surface area contributed by atoms with Gasteiger partial charge in [0, 0.05) is 32.1 Å². The summed E-state index contributed by atoms with van der Waals surface area (Å²) in [6, 6.07) is 11.7. The second-order valence-corrected chi connectivity index (χ2v) is 8.28. The number of nitrogens with zero attached hydrogens (tertiary/aromatic N) is 3. The van der Waals surface area contributed by atoms with Crippen LogP contribution in [0.4, 0.5) is 14.5 Å². The first-order chi connectivity index (χ1) is 15.4. The van der Waals surface area contributed by atoms with Crippen molar-refractivity contribution in [3.63, 3.8) is 0 Å². The third kappa shape index (κ3) is 6.13. The van der Waals surface area contributed by atoms with Gasteiger partial charge in [-0.05, 0) is 50.2 Å². The van der Waals surface area contributed by atoms with Gasteiger partial charge in [0.1, 0.15) is 0 Å². The van der Waals surface area contributed by atoms with Crippen molar-refractivity contribution in [2.24, 2.45) is 0 Å². The van der Waals surface area contributed by atoms with Gasteiger partial charge in [-0.2, -0.15) is 0 Å². The number of fused-ring (bicyclic) bond motifs is 1. The van der Waals surface area contributed by atoms with Gasteiger partial charge in [-0.3, -0.25) is 9.59 Å². The number of benzene rings is 2. The van der Waals surface area contributed by atoms with Gasteiger partial charge < -0.3 is 14.7 Å². The molecule has 3 rings (SSSR count). The Kier molecular flexibility index (Phi) is 8.33. The molecule has 2 amide bonds. The normalized spacial score (nSPS) is 16.1. The second kappa shape index (κ2) is 11.2. The fraction of sp³-hybridized carbons (Fsp3) is 0.440. The van der Waals surface area contributed by atoms with Crippen molar-refractivity contribution in [3.05, 3.63) is 65.2 Å². The highest BCUT2D eigenvalue weighted by Gasteiger charge is 2.24. The topological polar surface area (TPSA) is 43.9 Å². The molecule has 172 valence electrons. The molecule has 0 saturated heterocycles. The molecule has 32 heavy (non-hydrogen) atoms. The molecule has 0 atom stereocenters. The molecule has 0 aliphatic carbocycles. The SMILES string of the molecule is CCC(=O)N1CCCN(C)CCCN(C(=O)Cc2ccccc2)Cc2cc(F)c(F)cc21. The Labute approximate surface area is 188 Å². The Hall–Kier alpha value is -2.80. The lowest BCUT2D eigenvalue weighted by Gasteiger charge is -2.31. The Bertz CT molecular complexity index is 936. The first-order valence-electron chi connectivity index (χ1n) is 11.2. The van der Waals surface area contributed by atoms with E-state index in [1.54, 1.807) is 11.8 Å². The molecule has 1 heterocycles. The van der Waals surface area contributed by atoms with E-state index in [1.807, 2.05) is 37.4 Å². The molecule has 5 nitrogen and oxygen atoms in total. The lowest BCUT2D eigenvalue weighted by atomic mass is 10.1. The maximum absolute atomic E-state index is 14.2. The Morgan fingerprint density at radius 1 is 0.906 bits per heavy atom. The summed E-state index contributed by atoms with van der Waals surface area (Å²) in [6.45, 7) is 4.35. The largest absolute Gasteiger partial charge is 0.338 e. The van der Waals surface area contributed by atoms with Crippen LogP contribution >= 0.6 is 0 Å². The zero-order chi connectivity index (χ0) is 23.1. The van der Waals surface area contributed by atoms with Crippen LogP contribution in [0.2, 0.25) is 0 Å². The average Bonchev–Trinajstić information content (AvgIpc) is 2.78. The van der Waals surface area contributed by atoms with Gasteiger partial charge in [-0.25, -0.2) is 8.78 Å². The minimum absolute atomic E-state index is 0.0834. The molecule has 0 bridgehead atoms. The summed E-state index contributed by atoms with van der Waals surface area (Å²) < 4.78 is 28.4. The Morgan fingerprint density at radius 2 is 1.56 bits per heavy atom. The van der Waals surface area contributed by atoms with Gasteiger partial charge >= 0.3 is 0 Å². The molecule has 1 aliphatic heterocycles. The fourth-order valence-electron chi connectivity index (χ4n) is 4.05. The van der Waals surface area contributed by atoms with Gasteiger partial charge in [0.2, 0.25) is 11.8 Å². The highest BCUT2D eigenvalue weighted by molar-refractivity contribution is 5.94. The standard InChI is InChI=1S/C25H31F2N3O2/c1-3-24(31)30-14-8-12-28(2)11-7-13-29(25(32)15-19-9-5-4-6-10-19)18-20-16-21(26)22(27)17-23(20)30/h4-6,9-10,16-17H,3,7-8,11-15,18H2,1-2H3. The van der Waals surface area contributed by atoms with Gasteiger partial charge in [-0.15, -0.1) is 0 Å². The first kappa shape index (κ1) is 23.9. The fourth-order valence-corrected chi connectivity index (χ4v) is 4.05. The van der Waals surface area contributed by atoms with Crippen LogP contribution in [0.15, 0.2) is 42.5 Å². The summed E-state index contributed by atoms with van der Waals surface area (Å²) >= 11 is 0. The van der Waals surface area contributed by atoms with Gasteiger partial charge in [-0.1, -0.05) is 37.3 Å². The molecule has 2 aromatic carbocycles. The van der Waals surface area contributed by atoms with Crippen LogP contribution in [0.5, 0.6) is 0 Å². The molecule has 7 heteroatoms. The Morgan fingerprint density at radius 3 is 2.25 bits per heavy atom. The zero-order valence-corrected chi connectivity index (χ0v) is 18.8. The lowest BCUT2D eigenvalue weighted by molar-refractivity contribution is -0.131. The molecular formula is C25H31F2N3O2. The number of anilines is 1. The van der Waals surface area contributed by atoms with E-state index in [9.17, 15) is 18.4 Å². The number of rotatable bonds is 3. The van der Waals surface area contributed by atoms with E-state index < -0.39 is 11.6 Å².